The van der Waals surface area contributed by atoms with E-state index in [1.54, 1.807) is 38.1 Å². The molecule has 1 atom stereocenters. The molecule has 0 fully saturated rings. The van der Waals surface area contributed by atoms with Gasteiger partial charge in [0.15, 0.2) is 0 Å². The van der Waals surface area contributed by atoms with Gasteiger partial charge in [0.2, 0.25) is 0 Å². The van der Waals surface area contributed by atoms with Crippen LogP contribution in [0.15, 0.2) is 36.9 Å². The maximum atomic E-state index is 11.4. The van der Waals surface area contributed by atoms with Gasteiger partial charge in [0, 0.05) is 6.92 Å². The lowest BCUT2D eigenvalue weighted by Gasteiger charge is -2.15. The van der Waals surface area contributed by atoms with E-state index >= 15 is 0 Å². The van der Waals surface area contributed by atoms with Gasteiger partial charge in [-0.15, -0.1) is 0 Å². The average molecular weight is 278 g/mol. The minimum Gasteiger partial charge on any atom is -0.432 e. The Morgan fingerprint density at radius 3 is 2.20 bits per heavy atom. The Bertz CT molecular complexity index is 476. The molecule has 0 amide bonds. The molecule has 1 aromatic carbocycles. The van der Waals surface area contributed by atoms with E-state index in [0.29, 0.717) is 11.3 Å². The van der Waals surface area contributed by atoms with Gasteiger partial charge in [-0.05, 0) is 37.6 Å². The van der Waals surface area contributed by atoms with Crippen LogP contribution < -0.4 is 4.74 Å². The molecule has 0 saturated heterocycles. The fraction of sp³-hybridized carbons (Fsp3) is 0.333. The highest BCUT2D eigenvalue weighted by molar-refractivity contribution is 5.69. The molecular weight excluding hydrogens is 260 g/mol. The minimum absolute atomic E-state index is 0.251. The number of carbonyl (C=O) groups excluding carboxylic acids is 2. The first-order valence-corrected chi connectivity index (χ1v) is 6.20. The van der Waals surface area contributed by atoms with E-state index < -0.39 is 18.2 Å². The van der Waals surface area contributed by atoms with Crippen molar-refractivity contribution in [1.82, 2.24) is 0 Å². The molecule has 108 valence electrons. The first-order valence-electron chi connectivity index (χ1n) is 6.20. The SMILES string of the molecule is C=C[C@H](OC(=O)OC(C)C)c1ccc(OC(C)=O)cc1. The quantitative estimate of drug-likeness (QED) is 0.469. The van der Waals surface area contributed by atoms with Crippen LogP contribution in [0.2, 0.25) is 0 Å². The number of ether oxygens (including phenoxy) is 3. The van der Waals surface area contributed by atoms with Gasteiger partial charge in [0.1, 0.15) is 11.9 Å². The molecular formula is C15H18O5. The molecule has 0 aliphatic carbocycles. The Hall–Kier alpha value is -2.30. The third-order valence-corrected chi connectivity index (χ3v) is 2.24. The number of hydrogen-bond acceptors (Lipinski definition) is 5. The van der Waals surface area contributed by atoms with Crippen LogP contribution in [0, 0.1) is 0 Å². The summed E-state index contributed by atoms with van der Waals surface area (Å²) in [6.07, 6.45) is -0.136. The van der Waals surface area contributed by atoms with Crippen LogP contribution in [0.3, 0.4) is 0 Å². The molecule has 0 heterocycles. The zero-order valence-corrected chi connectivity index (χ0v) is 11.8. The summed E-state index contributed by atoms with van der Waals surface area (Å²) >= 11 is 0. The molecule has 0 aliphatic rings. The highest BCUT2D eigenvalue weighted by atomic mass is 16.7. The summed E-state index contributed by atoms with van der Waals surface area (Å²) in [5.74, 6) is 0.0311. The van der Waals surface area contributed by atoms with Crippen molar-refractivity contribution in [3.63, 3.8) is 0 Å². The smallest absolute Gasteiger partial charge is 0.432 e. The topological polar surface area (TPSA) is 61.8 Å². The molecule has 0 bridgehead atoms. The summed E-state index contributed by atoms with van der Waals surface area (Å²) in [7, 11) is 0. The van der Waals surface area contributed by atoms with Gasteiger partial charge >= 0.3 is 12.1 Å². The molecule has 0 N–H and O–H groups in total. The lowest BCUT2D eigenvalue weighted by Crippen LogP contribution is -2.15. The van der Waals surface area contributed by atoms with Crippen molar-refractivity contribution in [2.75, 3.05) is 0 Å². The third-order valence-electron chi connectivity index (χ3n) is 2.24. The van der Waals surface area contributed by atoms with Crippen molar-refractivity contribution in [3.05, 3.63) is 42.5 Å². The Labute approximate surface area is 118 Å². The summed E-state index contributed by atoms with van der Waals surface area (Å²) in [6, 6.07) is 6.61. The van der Waals surface area contributed by atoms with E-state index in [1.807, 2.05) is 0 Å². The lowest BCUT2D eigenvalue weighted by molar-refractivity contribution is -0.131. The number of benzene rings is 1. The molecule has 0 aromatic heterocycles. The highest BCUT2D eigenvalue weighted by Gasteiger charge is 2.15. The first kappa shape index (κ1) is 15.8. The fourth-order valence-electron chi connectivity index (χ4n) is 1.47. The second kappa shape index (κ2) is 7.33. The number of rotatable bonds is 5. The van der Waals surface area contributed by atoms with E-state index in [-0.39, 0.29) is 6.10 Å². The number of carbonyl (C=O) groups is 2. The van der Waals surface area contributed by atoms with Crippen LogP contribution in [-0.4, -0.2) is 18.2 Å². The Kier molecular flexibility index (Phi) is 5.77. The first-order chi connectivity index (χ1) is 9.42. The van der Waals surface area contributed by atoms with E-state index in [4.69, 9.17) is 14.2 Å². The summed E-state index contributed by atoms with van der Waals surface area (Å²) in [5.41, 5.74) is 0.705. The van der Waals surface area contributed by atoms with E-state index in [0.717, 1.165) is 0 Å². The average Bonchev–Trinajstić information content (AvgIpc) is 2.35. The molecule has 0 radical (unpaired) electrons. The predicted octanol–water partition coefficient (Wildman–Crippen LogP) is 3.40. The van der Waals surface area contributed by atoms with Gasteiger partial charge in [-0.2, -0.15) is 0 Å². The largest absolute Gasteiger partial charge is 0.509 e. The molecule has 5 heteroatoms. The molecule has 20 heavy (non-hydrogen) atoms. The van der Waals surface area contributed by atoms with Crippen molar-refractivity contribution >= 4 is 12.1 Å². The van der Waals surface area contributed by atoms with Crippen molar-refractivity contribution < 1.29 is 23.8 Å². The van der Waals surface area contributed by atoms with Crippen molar-refractivity contribution in [3.8, 4) is 5.75 Å². The van der Waals surface area contributed by atoms with Crippen LogP contribution in [0.25, 0.3) is 0 Å². The molecule has 5 nitrogen and oxygen atoms in total. The van der Waals surface area contributed by atoms with Gasteiger partial charge in [-0.25, -0.2) is 4.79 Å². The summed E-state index contributed by atoms with van der Waals surface area (Å²) in [4.78, 5) is 22.3. The molecule has 1 aromatic rings. The predicted molar refractivity (Wildman–Crippen MR) is 73.4 cm³/mol. The number of esters is 1. The van der Waals surface area contributed by atoms with Gasteiger partial charge < -0.3 is 14.2 Å². The zero-order valence-electron chi connectivity index (χ0n) is 11.8. The zero-order chi connectivity index (χ0) is 15.1. The van der Waals surface area contributed by atoms with E-state index in [1.165, 1.54) is 13.0 Å². The monoisotopic (exact) mass is 278 g/mol. The van der Waals surface area contributed by atoms with Crippen LogP contribution >= 0.6 is 0 Å². The molecule has 1 rings (SSSR count). The van der Waals surface area contributed by atoms with Gasteiger partial charge in [-0.3, -0.25) is 4.79 Å². The minimum atomic E-state index is -0.756. The van der Waals surface area contributed by atoms with Crippen molar-refractivity contribution in [1.29, 1.82) is 0 Å². The highest BCUT2D eigenvalue weighted by Crippen LogP contribution is 2.22. The van der Waals surface area contributed by atoms with Crippen LogP contribution in [-0.2, 0) is 14.3 Å². The Balaban J connectivity index is 2.72. The molecule has 0 unspecified atom stereocenters. The molecule has 0 aliphatic heterocycles. The maximum Gasteiger partial charge on any atom is 0.509 e. The van der Waals surface area contributed by atoms with Crippen LogP contribution in [0.1, 0.15) is 32.4 Å². The summed E-state index contributed by atoms with van der Waals surface area (Å²) in [5, 5.41) is 0. The summed E-state index contributed by atoms with van der Waals surface area (Å²) in [6.45, 7) is 8.42. The summed E-state index contributed by atoms with van der Waals surface area (Å²) < 4.78 is 15.0. The standard InChI is InChI=1S/C15H18O5/c1-5-14(20-15(17)18-10(2)3)12-6-8-13(9-7-12)19-11(4)16/h5-10,14H,1H2,2-4H3/t14-/m0/s1. The van der Waals surface area contributed by atoms with E-state index in [9.17, 15) is 9.59 Å². The van der Waals surface area contributed by atoms with Crippen LogP contribution in [0.4, 0.5) is 4.79 Å². The molecule has 0 spiro atoms. The Morgan fingerprint density at radius 1 is 1.15 bits per heavy atom. The lowest BCUT2D eigenvalue weighted by atomic mass is 10.1. The second-order valence-electron chi connectivity index (χ2n) is 4.35. The Morgan fingerprint density at radius 2 is 1.75 bits per heavy atom. The molecule has 0 saturated carbocycles. The second-order valence-corrected chi connectivity index (χ2v) is 4.35. The van der Waals surface area contributed by atoms with Gasteiger partial charge in [0.25, 0.3) is 0 Å². The van der Waals surface area contributed by atoms with Gasteiger partial charge in [-0.1, -0.05) is 18.7 Å². The van der Waals surface area contributed by atoms with Gasteiger partial charge in [0.05, 0.1) is 6.10 Å². The number of hydrogen-bond donors (Lipinski definition) is 0. The third kappa shape index (κ3) is 5.14. The van der Waals surface area contributed by atoms with Crippen LogP contribution in [0.5, 0.6) is 5.75 Å². The van der Waals surface area contributed by atoms with E-state index in [2.05, 4.69) is 6.58 Å². The fourth-order valence-corrected chi connectivity index (χ4v) is 1.47. The van der Waals surface area contributed by atoms with Crippen molar-refractivity contribution in [2.45, 2.75) is 33.0 Å². The maximum absolute atomic E-state index is 11.4. The van der Waals surface area contributed by atoms with Crippen molar-refractivity contribution in [2.24, 2.45) is 0 Å². The normalized spacial score (nSPS) is 11.6.